The molecule has 27 heavy (non-hydrogen) atoms. The molecule has 1 amide bonds. The predicted octanol–water partition coefficient (Wildman–Crippen LogP) is 4.06. The Bertz CT molecular complexity index is 963. The Morgan fingerprint density at radius 1 is 1.00 bits per heavy atom. The van der Waals surface area contributed by atoms with Gasteiger partial charge in [0.25, 0.3) is 5.56 Å². The Kier molecular flexibility index (Phi) is 5.81. The van der Waals surface area contributed by atoms with Crippen LogP contribution in [0.2, 0.25) is 0 Å². The van der Waals surface area contributed by atoms with Gasteiger partial charge in [0.05, 0.1) is 5.69 Å². The average molecular weight is 361 g/mol. The fourth-order valence-electron chi connectivity index (χ4n) is 2.93. The van der Waals surface area contributed by atoms with E-state index in [1.165, 1.54) is 16.3 Å². The molecule has 0 bridgehead atoms. The number of nitrogens with zero attached hydrogens (tertiary/aromatic N) is 2. The Balaban J connectivity index is 1.87. The van der Waals surface area contributed by atoms with Crippen molar-refractivity contribution in [2.75, 3.05) is 5.32 Å². The summed E-state index contributed by atoms with van der Waals surface area (Å²) in [5.74, 6) is -0.249. The smallest absolute Gasteiger partial charge is 0.267 e. The van der Waals surface area contributed by atoms with Crippen molar-refractivity contribution in [1.29, 1.82) is 0 Å². The van der Waals surface area contributed by atoms with E-state index in [0.717, 1.165) is 12.0 Å². The van der Waals surface area contributed by atoms with Crippen molar-refractivity contribution in [3.63, 3.8) is 0 Å². The number of hydrogen-bond acceptors (Lipinski definition) is 3. The minimum Gasteiger partial charge on any atom is -0.324 e. The van der Waals surface area contributed by atoms with Crippen LogP contribution in [0, 0.1) is 0 Å². The normalized spacial score (nSPS) is 11.8. The molecule has 0 radical (unpaired) electrons. The van der Waals surface area contributed by atoms with Crippen LogP contribution >= 0.6 is 0 Å². The van der Waals surface area contributed by atoms with E-state index in [1.54, 1.807) is 6.07 Å². The van der Waals surface area contributed by atoms with Gasteiger partial charge < -0.3 is 5.32 Å². The maximum atomic E-state index is 12.8. The summed E-state index contributed by atoms with van der Waals surface area (Å²) in [5, 5.41) is 7.34. The van der Waals surface area contributed by atoms with E-state index in [1.807, 2.05) is 61.5 Å². The lowest BCUT2D eigenvalue weighted by Gasteiger charge is -2.17. The van der Waals surface area contributed by atoms with Crippen LogP contribution in [0.3, 0.4) is 0 Å². The molecule has 0 spiro atoms. The first-order valence-corrected chi connectivity index (χ1v) is 9.17. The fraction of sp³-hybridized carbons (Fsp3) is 0.227. The molecule has 138 valence electrons. The van der Waals surface area contributed by atoms with E-state index in [-0.39, 0.29) is 11.5 Å². The number of hydrogen-bond donors (Lipinski definition) is 1. The SMILES string of the molecule is CCc1ccc(NC(=O)C(CC)n2nc(-c3ccccc3)ccc2=O)cc1. The average Bonchev–Trinajstić information content (AvgIpc) is 2.71. The second-order valence-electron chi connectivity index (χ2n) is 6.33. The molecule has 0 aliphatic heterocycles. The summed E-state index contributed by atoms with van der Waals surface area (Å²) in [6, 6.07) is 19.8. The number of rotatable bonds is 6. The quantitative estimate of drug-likeness (QED) is 0.720. The van der Waals surface area contributed by atoms with Gasteiger partial charge in [-0.1, -0.05) is 56.3 Å². The standard InChI is InChI=1S/C22H23N3O2/c1-3-16-10-12-18(13-11-16)23-22(27)20(4-2)25-21(26)15-14-19(24-25)17-8-6-5-7-9-17/h5-15,20H,3-4H2,1-2H3,(H,23,27). The molecule has 5 heteroatoms. The summed E-state index contributed by atoms with van der Waals surface area (Å²) in [6.07, 6.45) is 1.40. The van der Waals surface area contributed by atoms with Gasteiger partial charge in [0.2, 0.25) is 5.91 Å². The molecule has 0 saturated carbocycles. The lowest BCUT2D eigenvalue weighted by Crippen LogP contribution is -2.34. The third kappa shape index (κ3) is 4.31. The van der Waals surface area contributed by atoms with Gasteiger partial charge in [-0.15, -0.1) is 0 Å². The number of anilines is 1. The Labute approximate surface area is 158 Å². The number of aryl methyl sites for hydroxylation is 1. The van der Waals surface area contributed by atoms with Crippen LogP contribution in [0.4, 0.5) is 5.69 Å². The maximum absolute atomic E-state index is 12.8. The van der Waals surface area contributed by atoms with Gasteiger partial charge in [-0.25, -0.2) is 4.68 Å². The number of carbonyl (C=O) groups excluding carboxylic acids is 1. The Morgan fingerprint density at radius 2 is 1.70 bits per heavy atom. The third-order valence-electron chi connectivity index (χ3n) is 4.51. The van der Waals surface area contributed by atoms with Crippen LogP contribution in [0.15, 0.2) is 71.5 Å². The van der Waals surface area contributed by atoms with E-state index >= 15 is 0 Å². The summed E-state index contributed by atoms with van der Waals surface area (Å²) in [7, 11) is 0. The highest BCUT2D eigenvalue weighted by Crippen LogP contribution is 2.18. The first-order chi connectivity index (χ1) is 13.1. The molecule has 0 aliphatic carbocycles. The van der Waals surface area contributed by atoms with Crippen LogP contribution in [-0.4, -0.2) is 15.7 Å². The van der Waals surface area contributed by atoms with Crippen LogP contribution in [0.1, 0.15) is 31.9 Å². The molecule has 2 aromatic carbocycles. The summed E-state index contributed by atoms with van der Waals surface area (Å²) in [6.45, 7) is 3.95. The minimum absolute atomic E-state index is 0.249. The monoisotopic (exact) mass is 361 g/mol. The molecule has 1 atom stereocenters. The van der Waals surface area contributed by atoms with Crippen LogP contribution in [0.25, 0.3) is 11.3 Å². The van der Waals surface area contributed by atoms with E-state index in [4.69, 9.17) is 0 Å². The maximum Gasteiger partial charge on any atom is 0.267 e. The predicted molar refractivity (Wildman–Crippen MR) is 108 cm³/mol. The zero-order valence-electron chi connectivity index (χ0n) is 15.6. The Hall–Kier alpha value is -3.21. The zero-order valence-corrected chi connectivity index (χ0v) is 15.6. The molecule has 0 fully saturated rings. The van der Waals surface area contributed by atoms with Gasteiger partial charge >= 0.3 is 0 Å². The highest BCUT2D eigenvalue weighted by molar-refractivity contribution is 5.93. The number of nitrogens with one attached hydrogen (secondary N) is 1. The molecule has 5 nitrogen and oxygen atoms in total. The molecular formula is C22H23N3O2. The van der Waals surface area contributed by atoms with E-state index in [9.17, 15) is 9.59 Å². The zero-order chi connectivity index (χ0) is 19.2. The van der Waals surface area contributed by atoms with Crippen LogP contribution in [0.5, 0.6) is 0 Å². The molecule has 3 rings (SSSR count). The van der Waals surface area contributed by atoms with Gasteiger partial charge in [0, 0.05) is 17.3 Å². The van der Waals surface area contributed by atoms with Crippen molar-refractivity contribution in [3.8, 4) is 11.3 Å². The fourth-order valence-corrected chi connectivity index (χ4v) is 2.93. The molecule has 1 N–H and O–H groups in total. The summed E-state index contributed by atoms with van der Waals surface area (Å²) < 4.78 is 1.28. The first-order valence-electron chi connectivity index (χ1n) is 9.17. The molecule has 1 heterocycles. The molecular weight excluding hydrogens is 338 g/mol. The van der Waals surface area contributed by atoms with E-state index in [2.05, 4.69) is 17.3 Å². The largest absolute Gasteiger partial charge is 0.324 e. The second-order valence-corrected chi connectivity index (χ2v) is 6.33. The lowest BCUT2D eigenvalue weighted by molar-refractivity contribution is -0.119. The van der Waals surface area contributed by atoms with Crippen molar-refractivity contribution in [2.24, 2.45) is 0 Å². The lowest BCUT2D eigenvalue weighted by atomic mass is 10.1. The number of benzene rings is 2. The van der Waals surface area contributed by atoms with Crippen molar-refractivity contribution in [1.82, 2.24) is 9.78 Å². The highest BCUT2D eigenvalue weighted by Gasteiger charge is 2.21. The van der Waals surface area contributed by atoms with Crippen molar-refractivity contribution < 1.29 is 4.79 Å². The Morgan fingerprint density at radius 3 is 2.33 bits per heavy atom. The van der Waals surface area contributed by atoms with Gasteiger partial charge in [0.15, 0.2) is 0 Å². The minimum atomic E-state index is -0.674. The molecule has 1 unspecified atom stereocenters. The third-order valence-corrected chi connectivity index (χ3v) is 4.51. The number of amides is 1. The van der Waals surface area contributed by atoms with Crippen molar-refractivity contribution in [2.45, 2.75) is 32.7 Å². The van der Waals surface area contributed by atoms with Crippen molar-refractivity contribution in [3.05, 3.63) is 82.6 Å². The van der Waals surface area contributed by atoms with Gasteiger partial charge in [-0.2, -0.15) is 5.10 Å². The van der Waals surface area contributed by atoms with Crippen LogP contribution in [-0.2, 0) is 11.2 Å². The topological polar surface area (TPSA) is 64.0 Å². The van der Waals surface area contributed by atoms with E-state index < -0.39 is 6.04 Å². The van der Waals surface area contributed by atoms with Gasteiger partial charge in [-0.05, 0) is 36.6 Å². The molecule has 0 aliphatic rings. The second kappa shape index (κ2) is 8.45. The van der Waals surface area contributed by atoms with E-state index in [0.29, 0.717) is 17.8 Å². The highest BCUT2D eigenvalue weighted by atomic mass is 16.2. The molecule has 3 aromatic rings. The molecule has 1 aromatic heterocycles. The van der Waals surface area contributed by atoms with Gasteiger partial charge in [-0.3, -0.25) is 9.59 Å². The number of carbonyl (C=O) groups is 1. The summed E-state index contributed by atoms with van der Waals surface area (Å²) >= 11 is 0. The van der Waals surface area contributed by atoms with Gasteiger partial charge in [0.1, 0.15) is 6.04 Å². The summed E-state index contributed by atoms with van der Waals surface area (Å²) in [5.41, 5.74) is 3.18. The summed E-state index contributed by atoms with van der Waals surface area (Å²) in [4.78, 5) is 25.2. The van der Waals surface area contributed by atoms with Crippen LogP contribution < -0.4 is 10.9 Å². The molecule has 0 saturated heterocycles. The first kappa shape index (κ1) is 18.6. The number of aromatic nitrogens is 2. The van der Waals surface area contributed by atoms with Crippen molar-refractivity contribution >= 4 is 11.6 Å².